The SMILES string of the molecule is C=Cc1cc(C)c(N2CCN(C)CC2)cc1N(/C(C)=C(\C)c1ccc(C#N)cc1)C(C)C. The lowest BCUT2D eigenvalue weighted by Gasteiger charge is -2.37. The summed E-state index contributed by atoms with van der Waals surface area (Å²) in [6, 6.07) is 15.0. The lowest BCUT2D eigenvalue weighted by molar-refractivity contribution is 0.312. The quantitative estimate of drug-likeness (QED) is 0.571. The van der Waals surface area contributed by atoms with Crippen LogP contribution in [0.15, 0.2) is 48.7 Å². The molecule has 0 atom stereocenters. The second kappa shape index (κ2) is 10.1. The molecular formula is C28H36N4. The number of rotatable bonds is 6. The van der Waals surface area contributed by atoms with Gasteiger partial charge >= 0.3 is 0 Å². The van der Waals surface area contributed by atoms with E-state index in [1.165, 1.54) is 28.2 Å². The van der Waals surface area contributed by atoms with Crippen molar-refractivity contribution in [3.63, 3.8) is 0 Å². The minimum absolute atomic E-state index is 0.282. The molecule has 0 unspecified atom stereocenters. The summed E-state index contributed by atoms with van der Waals surface area (Å²) in [5.41, 5.74) is 9.19. The lowest BCUT2D eigenvalue weighted by atomic mass is 10.00. The van der Waals surface area contributed by atoms with Crippen LogP contribution in [0.1, 0.15) is 49.9 Å². The van der Waals surface area contributed by atoms with Crippen LogP contribution in [0.3, 0.4) is 0 Å². The molecule has 2 aromatic carbocycles. The molecule has 0 aromatic heterocycles. The third-order valence-electron chi connectivity index (χ3n) is 6.54. The maximum absolute atomic E-state index is 9.13. The highest BCUT2D eigenvalue weighted by atomic mass is 15.3. The highest BCUT2D eigenvalue weighted by molar-refractivity contribution is 5.79. The van der Waals surface area contributed by atoms with E-state index in [2.05, 4.69) is 81.1 Å². The molecule has 0 bridgehead atoms. The highest BCUT2D eigenvalue weighted by Gasteiger charge is 2.22. The molecule has 3 rings (SSSR count). The zero-order valence-corrected chi connectivity index (χ0v) is 20.4. The fraction of sp³-hybridized carbons (Fsp3) is 0.393. The number of likely N-dealkylation sites (N-methyl/N-ethyl adjacent to an activating group) is 1. The number of nitrogens with zero attached hydrogens (tertiary/aromatic N) is 4. The summed E-state index contributed by atoms with van der Waals surface area (Å²) in [6.07, 6.45) is 1.97. The van der Waals surface area contributed by atoms with Gasteiger partial charge in [0.25, 0.3) is 0 Å². The van der Waals surface area contributed by atoms with E-state index < -0.39 is 0 Å². The zero-order chi connectivity index (χ0) is 23.4. The van der Waals surface area contributed by atoms with E-state index >= 15 is 0 Å². The standard InChI is InChI=1S/C28H36N4/c1-8-25-17-21(4)27(31-15-13-30(7)14-16-31)18-28(25)32(20(2)3)23(6)22(5)26-11-9-24(19-29)10-12-26/h8-12,17-18,20H,1,13-16H2,2-7H3/b23-22+. The van der Waals surface area contributed by atoms with E-state index in [1.807, 2.05) is 30.3 Å². The Labute approximate surface area is 194 Å². The molecular weight excluding hydrogens is 392 g/mol. The summed E-state index contributed by atoms with van der Waals surface area (Å²) in [5, 5.41) is 9.13. The third kappa shape index (κ3) is 4.89. The van der Waals surface area contributed by atoms with Gasteiger partial charge in [-0.1, -0.05) is 24.8 Å². The molecule has 4 nitrogen and oxygen atoms in total. The molecule has 1 aliphatic rings. The molecule has 1 saturated heterocycles. The van der Waals surface area contributed by atoms with Crippen LogP contribution in [0, 0.1) is 18.3 Å². The predicted molar refractivity (Wildman–Crippen MR) is 138 cm³/mol. The summed E-state index contributed by atoms with van der Waals surface area (Å²) >= 11 is 0. The first-order chi connectivity index (χ1) is 15.3. The molecule has 0 radical (unpaired) electrons. The Morgan fingerprint density at radius 2 is 1.72 bits per heavy atom. The summed E-state index contributed by atoms with van der Waals surface area (Å²) < 4.78 is 0. The fourth-order valence-electron chi connectivity index (χ4n) is 4.50. The van der Waals surface area contributed by atoms with Crippen molar-refractivity contribution >= 4 is 23.0 Å². The van der Waals surface area contributed by atoms with Gasteiger partial charge in [0.1, 0.15) is 0 Å². The van der Waals surface area contributed by atoms with Crippen LogP contribution in [0.5, 0.6) is 0 Å². The normalized spacial score (nSPS) is 15.4. The number of benzene rings is 2. The van der Waals surface area contributed by atoms with Gasteiger partial charge in [-0.15, -0.1) is 0 Å². The molecule has 4 heteroatoms. The number of anilines is 2. The Balaban J connectivity index is 2.09. The second-order valence-corrected chi connectivity index (χ2v) is 9.06. The molecule has 32 heavy (non-hydrogen) atoms. The van der Waals surface area contributed by atoms with Crippen LogP contribution in [0.25, 0.3) is 11.6 Å². The van der Waals surface area contributed by atoms with Gasteiger partial charge in [-0.25, -0.2) is 0 Å². The van der Waals surface area contributed by atoms with Gasteiger partial charge in [-0.2, -0.15) is 5.26 Å². The average molecular weight is 429 g/mol. The van der Waals surface area contributed by atoms with Crippen molar-refractivity contribution in [1.29, 1.82) is 5.26 Å². The number of nitriles is 1. The summed E-state index contributed by atoms with van der Waals surface area (Å²) in [4.78, 5) is 7.32. The Bertz CT molecular complexity index is 1030. The molecule has 168 valence electrons. The summed E-state index contributed by atoms with van der Waals surface area (Å²) in [6.45, 7) is 19.4. The van der Waals surface area contributed by atoms with Gasteiger partial charge in [0, 0.05) is 43.6 Å². The largest absolute Gasteiger partial charge is 0.369 e. The molecule has 1 fully saturated rings. The molecule has 0 N–H and O–H groups in total. The van der Waals surface area contributed by atoms with Gasteiger partial charge in [0.2, 0.25) is 0 Å². The summed E-state index contributed by atoms with van der Waals surface area (Å²) in [5.74, 6) is 0. The van der Waals surface area contributed by atoms with Crippen LogP contribution >= 0.6 is 0 Å². The number of hydrogen-bond acceptors (Lipinski definition) is 4. The zero-order valence-electron chi connectivity index (χ0n) is 20.4. The maximum atomic E-state index is 9.13. The first kappa shape index (κ1) is 23.6. The van der Waals surface area contributed by atoms with E-state index in [-0.39, 0.29) is 6.04 Å². The van der Waals surface area contributed by atoms with Crippen molar-refractivity contribution < 1.29 is 0 Å². The predicted octanol–water partition coefficient (Wildman–Crippen LogP) is 5.93. The molecule has 2 aromatic rings. The maximum Gasteiger partial charge on any atom is 0.0991 e. The Morgan fingerprint density at radius 1 is 1.09 bits per heavy atom. The van der Waals surface area contributed by atoms with Gasteiger partial charge in [-0.05, 0) is 88.2 Å². The topological polar surface area (TPSA) is 33.5 Å². The summed E-state index contributed by atoms with van der Waals surface area (Å²) in [7, 11) is 2.19. The van der Waals surface area contributed by atoms with E-state index in [9.17, 15) is 0 Å². The van der Waals surface area contributed by atoms with Crippen molar-refractivity contribution in [1.82, 2.24) is 4.90 Å². The molecule has 0 aliphatic carbocycles. The van der Waals surface area contributed by atoms with Crippen molar-refractivity contribution in [2.45, 2.75) is 40.7 Å². The van der Waals surface area contributed by atoms with Crippen molar-refractivity contribution in [2.75, 3.05) is 43.0 Å². The van der Waals surface area contributed by atoms with Crippen LogP contribution in [0.2, 0.25) is 0 Å². The molecule has 1 heterocycles. The van der Waals surface area contributed by atoms with E-state index in [0.29, 0.717) is 5.56 Å². The Morgan fingerprint density at radius 3 is 2.25 bits per heavy atom. The smallest absolute Gasteiger partial charge is 0.0991 e. The number of aryl methyl sites for hydroxylation is 1. The van der Waals surface area contributed by atoms with Crippen molar-refractivity contribution in [3.05, 3.63) is 70.9 Å². The highest BCUT2D eigenvalue weighted by Crippen LogP contribution is 2.36. The Hall–Kier alpha value is -3.03. The van der Waals surface area contributed by atoms with E-state index in [0.717, 1.165) is 37.3 Å². The van der Waals surface area contributed by atoms with E-state index in [4.69, 9.17) is 5.26 Å². The number of hydrogen-bond donors (Lipinski definition) is 0. The first-order valence-corrected chi connectivity index (χ1v) is 11.4. The number of piperazine rings is 1. The van der Waals surface area contributed by atoms with Crippen molar-refractivity contribution in [2.24, 2.45) is 0 Å². The van der Waals surface area contributed by atoms with Gasteiger partial charge in [-0.3, -0.25) is 0 Å². The average Bonchev–Trinajstić information content (AvgIpc) is 2.79. The van der Waals surface area contributed by atoms with Crippen molar-refractivity contribution in [3.8, 4) is 6.07 Å². The third-order valence-corrected chi connectivity index (χ3v) is 6.54. The monoisotopic (exact) mass is 428 g/mol. The van der Waals surface area contributed by atoms with Crippen LogP contribution in [-0.4, -0.2) is 44.2 Å². The molecule has 1 aliphatic heterocycles. The van der Waals surface area contributed by atoms with Crippen LogP contribution < -0.4 is 9.80 Å². The Kier molecular flexibility index (Phi) is 7.43. The van der Waals surface area contributed by atoms with E-state index in [1.54, 1.807) is 0 Å². The second-order valence-electron chi connectivity index (χ2n) is 9.06. The minimum Gasteiger partial charge on any atom is -0.369 e. The minimum atomic E-state index is 0.282. The van der Waals surface area contributed by atoms with Crippen LogP contribution in [0.4, 0.5) is 11.4 Å². The lowest BCUT2D eigenvalue weighted by Crippen LogP contribution is -2.44. The van der Waals surface area contributed by atoms with Gasteiger partial charge in [0.05, 0.1) is 17.3 Å². The van der Waals surface area contributed by atoms with Crippen LogP contribution in [-0.2, 0) is 0 Å². The molecule has 0 spiro atoms. The molecule has 0 amide bonds. The number of allylic oxidation sites excluding steroid dienone is 2. The van der Waals surface area contributed by atoms with Gasteiger partial charge in [0.15, 0.2) is 0 Å². The fourth-order valence-corrected chi connectivity index (χ4v) is 4.50. The molecule has 0 saturated carbocycles. The first-order valence-electron chi connectivity index (χ1n) is 11.4. The van der Waals surface area contributed by atoms with Gasteiger partial charge < -0.3 is 14.7 Å².